The Labute approximate surface area is 456 Å². The van der Waals surface area contributed by atoms with Crippen LogP contribution in [0.1, 0.15) is 70.6 Å². The quantitative estimate of drug-likeness (QED) is 0.0159. The van der Waals surface area contributed by atoms with Crippen molar-refractivity contribution in [3.05, 3.63) is 0 Å². The molecule has 4 rings (SSSR count). The summed E-state index contributed by atoms with van der Waals surface area (Å²) in [4.78, 5) is 58.0. The average Bonchev–Trinajstić information content (AvgIpc) is 3.44. The monoisotopic (exact) mass is 1130 g/mol. The van der Waals surface area contributed by atoms with Crippen LogP contribution in [0.25, 0.3) is 0 Å². The molecule has 3 aliphatic heterocycles. The molecule has 4 amide bonds. The number of likely N-dealkylation sites (N-methyl/N-ethyl adjacent to an activating group) is 1. The van der Waals surface area contributed by atoms with Crippen LogP contribution in [0.3, 0.4) is 0 Å². The van der Waals surface area contributed by atoms with Gasteiger partial charge < -0.3 is 125 Å². The van der Waals surface area contributed by atoms with Gasteiger partial charge in [0.15, 0.2) is 18.9 Å². The molecule has 0 aromatic carbocycles. The molecule has 0 aromatic rings. The van der Waals surface area contributed by atoms with Gasteiger partial charge >= 0.3 is 0 Å². The fourth-order valence-corrected chi connectivity index (χ4v) is 8.50. The highest BCUT2D eigenvalue weighted by atomic mass is 16.7. The number of hydrogen-bond acceptors (Lipinski definition) is 25. The molecule has 0 bridgehead atoms. The molecule has 0 spiro atoms. The van der Waals surface area contributed by atoms with E-state index >= 15 is 0 Å². The van der Waals surface area contributed by atoms with Crippen LogP contribution >= 0.6 is 0 Å². The summed E-state index contributed by atoms with van der Waals surface area (Å²) in [5, 5.41) is 98.6. The standard InChI is InChI=1S/C40H74N4O21.C7H11BO2.CH3NO/c1-41-25(40(56)44-8-11-59-14-17-62-35-20-28(50)38(54)31(23-47)65-35)4-2-24(39(55)43-7-10-58-13-16-61-34-19-27(49)37(53)30(22-46)64-34)3-5-32(51)42-6-9-57-12-15-60-33-18-26(48)36(52)29(21-45)63-33;8-10-7-3-1-6(5-9)2-4-7;2-1-3/h24-31,33-38,41,45-50,52-54H,2-23H2,1H3,(H,42,51)(H,43,55)(H,44,56);5-7H,1-4H2;1H,(H2,2,3). The van der Waals surface area contributed by atoms with E-state index in [1.807, 2.05) is 0 Å². The minimum absolute atomic E-state index is 0.00918. The summed E-state index contributed by atoms with van der Waals surface area (Å²) >= 11 is 0. The molecule has 30 heteroatoms. The summed E-state index contributed by atoms with van der Waals surface area (Å²) in [7, 11) is 6.62. The van der Waals surface area contributed by atoms with Crippen LogP contribution in [0.2, 0.25) is 0 Å². The van der Waals surface area contributed by atoms with E-state index in [9.17, 15) is 65.1 Å². The zero-order valence-corrected chi connectivity index (χ0v) is 44.6. The molecule has 4 aliphatic rings. The van der Waals surface area contributed by atoms with Crippen molar-refractivity contribution in [2.45, 2.75) is 157 Å². The van der Waals surface area contributed by atoms with E-state index < -0.39 is 106 Å². The van der Waals surface area contributed by atoms with Crippen LogP contribution in [-0.4, -0.2) is 276 Å². The number of carbonyl (C=O) groups excluding carboxylic acids is 5. The lowest BCUT2D eigenvalue weighted by Crippen LogP contribution is -2.50. The number of amides is 4. The van der Waals surface area contributed by atoms with Crippen LogP contribution in [-0.2, 0) is 71.3 Å². The smallest absolute Gasteiger partial charge is 0.283 e. The molecule has 1 saturated carbocycles. The molecule has 3 heterocycles. The van der Waals surface area contributed by atoms with Gasteiger partial charge in [-0.1, -0.05) is 0 Å². The number of nitrogens with two attached hydrogens (primary N) is 1. The average molecular weight is 1130 g/mol. The van der Waals surface area contributed by atoms with E-state index in [4.69, 9.17) is 55.5 Å². The van der Waals surface area contributed by atoms with E-state index in [1.165, 1.54) is 0 Å². The molecule has 2 radical (unpaired) electrons. The Hall–Kier alpha value is -3.19. The molecule has 3 saturated heterocycles. The first-order valence-corrected chi connectivity index (χ1v) is 26.5. The lowest BCUT2D eigenvalue weighted by atomic mass is 9.88. The Morgan fingerprint density at radius 3 is 1.36 bits per heavy atom. The molecule has 14 atom stereocenters. The van der Waals surface area contributed by atoms with Gasteiger partial charge in [-0.05, 0) is 52.0 Å². The van der Waals surface area contributed by atoms with E-state index in [0.29, 0.717) is 0 Å². The van der Waals surface area contributed by atoms with Crippen molar-refractivity contribution in [2.75, 3.05) is 106 Å². The van der Waals surface area contributed by atoms with Crippen molar-refractivity contribution in [3.8, 4) is 0 Å². The molecular formula is C48H88BN5O24. The van der Waals surface area contributed by atoms with Gasteiger partial charge in [-0.15, -0.1) is 0 Å². The molecule has 452 valence electrons. The topological polar surface area (TPSA) is 434 Å². The number of hydrogen-bond donors (Lipinski definition) is 14. The lowest BCUT2D eigenvalue weighted by Gasteiger charge is -2.36. The van der Waals surface area contributed by atoms with Crippen molar-refractivity contribution in [3.63, 3.8) is 0 Å². The minimum atomic E-state index is -1.22. The third-order valence-electron chi connectivity index (χ3n) is 13.1. The second kappa shape index (κ2) is 42.6. The maximum atomic E-state index is 13.4. The number of rotatable bonds is 35. The molecule has 1 aliphatic carbocycles. The fourth-order valence-electron chi connectivity index (χ4n) is 8.50. The molecule has 14 unspecified atom stereocenters. The SMILES string of the molecule is CNC(CCC(CCC(=O)NCCOCCOC1CC(O)C(O)C(CO)O1)C(=O)NCCOCCOC1CC(O)C(O)C(CO)O1)C(=O)NCCOCCOC1CC(O)C(O)C(CO)O1.NC=O.[B]OC1CCC(C=O)CC1. The summed E-state index contributed by atoms with van der Waals surface area (Å²) < 4.78 is 54.1. The maximum absolute atomic E-state index is 13.4. The number of aliphatic hydroxyl groups is 9. The Kier molecular flexibility index (Phi) is 38.8. The van der Waals surface area contributed by atoms with Crippen LogP contribution in [0.5, 0.6) is 0 Å². The maximum Gasteiger partial charge on any atom is 0.283 e. The van der Waals surface area contributed by atoms with E-state index in [1.54, 1.807) is 7.05 Å². The highest BCUT2D eigenvalue weighted by Crippen LogP contribution is 2.25. The zero-order valence-electron chi connectivity index (χ0n) is 44.6. The first-order chi connectivity index (χ1) is 37.6. The van der Waals surface area contributed by atoms with Crippen molar-refractivity contribution in [1.82, 2.24) is 21.3 Å². The van der Waals surface area contributed by atoms with Gasteiger partial charge in [-0.2, -0.15) is 0 Å². The highest BCUT2D eigenvalue weighted by Gasteiger charge is 2.39. The second-order valence-electron chi connectivity index (χ2n) is 18.7. The van der Waals surface area contributed by atoms with Gasteiger partial charge in [0.2, 0.25) is 24.1 Å². The molecule has 4 fully saturated rings. The largest absolute Gasteiger partial charge is 0.445 e. The van der Waals surface area contributed by atoms with Gasteiger partial charge in [0.25, 0.3) is 8.05 Å². The Morgan fingerprint density at radius 2 is 0.987 bits per heavy atom. The minimum Gasteiger partial charge on any atom is -0.445 e. The number of aldehydes is 1. The number of aliphatic hydroxyl groups excluding tert-OH is 9. The van der Waals surface area contributed by atoms with Gasteiger partial charge in [0.1, 0.15) is 42.9 Å². The normalized spacial score (nSPS) is 29.8. The summed E-state index contributed by atoms with van der Waals surface area (Å²) in [5.41, 5.74) is 4.17. The zero-order chi connectivity index (χ0) is 57.7. The molecule has 78 heavy (non-hydrogen) atoms. The third-order valence-corrected chi connectivity index (χ3v) is 13.1. The van der Waals surface area contributed by atoms with E-state index in [0.717, 1.165) is 32.0 Å². The predicted molar refractivity (Wildman–Crippen MR) is 270 cm³/mol. The second-order valence-corrected chi connectivity index (χ2v) is 18.7. The van der Waals surface area contributed by atoms with Crippen molar-refractivity contribution < 1.29 is 117 Å². The number of carbonyl (C=O) groups is 5. The Bertz CT molecular complexity index is 1600. The van der Waals surface area contributed by atoms with Crippen LogP contribution in [0, 0.1) is 11.8 Å². The number of ether oxygens (including phenoxy) is 9. The van der Waals surface area contributed by atoms with Crippen molar-refractivity contribution in [1.29, 1.82) is 0 Å². The Balaban J connectivity index is 0.00000140. The predicted octanol–water partition coefficient (Wildman–Crippen LogP) is -6.37. The van der Waals surface area contributed by atoms with Crippen LogP contribution in [0.15, 0.2) is 0 Å². The van der Waals surface area contributed by atoms with Gasteiger partial charge in [-0.3, -0.25) is 19.2 Å². The van der Waals surface area contributed by atoms with Crippen LogP contribution < -0.4 is 27.0 Å². The lowest BCUT2D eigenvalue weighted by molar-refractivity contribution is -0.258. The molecule has 0 aromatic heterocycles. The van der Waals surface area contributed by atoms with Crippen molar-refractivity contribution >= 4 is 38.5 Å². The van der Waals surface area contributed by atoms with E-state index in [2.05, 4.69) is 31.7 Å². The van der Waals surface area contributed by atoms with Crippen LogP contribution in [0.4, 0.5) is 0 Å². The van der Waals surface area contributed by atoms with Crippen molar-refractivity contribution in [2.24, 2.45) is 17.6 Å². The highest BCUT2D eigenvalue weighted by molar-refractivity contribution is 5.98. The molecule has 29 nitrogen and oxygen atoms in total. The summed E-state index contributed by atoms with van der Waals surface area (Å²) in [6.07, 6.45) is -6.31. The molecule has 15 N–H and O–H groups in total. The number of nitrogens with one attached hydrogen (secondary N) is 4. The Morgan fingerprint density at radius 1 is 0.590 bits per heavy atom. The molecular weight excluding hydrogens is 1040 g/mol. The summed E-state index contributed by atoms with van der Waals surface area (Å²) in [6, 6.07) is -0.667. The summed E-state index contributed by atoms with van der Waals surface area (Å²) in [5.74, 6) is -1.37. The number of primary amides is 1. The third kappa shape index (κ3) is 28.5. The van der Waals surface area contributed by atoms with Gasteiger partial charge in [0.05, 0.1) is 104 Å². The van der Waals surface area contributed by atoms with Gasteiger partial charge in [-0.25, -0.2) is 0 Å². The first kappa shape index (κ1) is 70.9. The van der Waals surface area contributed by atoms with E-state index in [-0.39, 0.29) is 160 Å². The fraction of sp³-hybridized carbons (Fsp3) is 0.896. The first-order valence-electron chi connectivity index (χ1n) is 26.5. The summed E-state index contributed by atoms with van der Waals surface area (Å²) in [6.45, 7) is 0.243. The van der Waals surface area contributed by atoms with Gasteiger partial charge in [0, 0.05) is 63.3 Å².